The number of hydrogen-bond acceptors (Lipinski definition) is 3. The molecule has 22 heavy (non-hydrogen) atoms. The van der Waals surface area contributed by atoms with E-state index in [1.807, 2.05) is 0 Å². The SMILES string of the molecule is N[C@H](c1ccc(OC(F)(F)F)cc1)c1ccc(Cl)c(Br)c1O. The first kappa shape index (κ1) is 16.9. The van der Waals surface area contributed by atoms with Crippen molar-refractivity contribution in [1.82, 2.24) is 0 Å². The van der Waals surface area contributed by atoms with Crippen LogP contribution in [0.1, 0.15) is 17.2 Å². The molecule has 3 N–H and O–H groups in total. The molecular formula is C14H10BrClF3NO2. The summed E-state index contributed by atoms with van der Waals surface area (Å²) in [6, 6.07) is 7.49. The number of benzene rings is 2. The Morgan fingerprint density at radius 1 is 1.14 bits per heavy atom. The second-order valence-corrected chi connectivity index (χ2v) is 5.59. The number of aromatic hydroxyl groups is 1. The summed E-state index contributed by atoms with van der Waals surface area (Å²) in [5.41, 5.74) is 6.93. The van der Waals surface area contributed by atoms with Crippen molar-refractivity contribution in [3.05, 3.63) is 57.0 Å². The van der Waals surface area contributed by atoms with E-state index >= 15 is 0 Å². The predicted octanol–water partition coefficient (Wildman–Crippen LogP) is 4.75. The van der Waals surface area contributed by atoms with Crippen LogP contribution in [0, 0.1) is 0 Å². The van der Waals surface area contributed by atoms with Crippen LogP contribution in [0.4, 0.5) is 13.2 Å². The van der Waals surface area contributed by atoms with E-state index in [0.29, 0.717) is 20.6 Å². The minimum atomic E-state index is -4.75. The van der Waals surface area contributed by atoms with Gasteiger partial charge in [-0.1, -0.05) is 29.8 Å². The molecule has 8 heteroatoms. The summed E-state index contributed by atoms with van der Waals surface area (Å²) in [5, 5.41) is 10.4. The third-order valence-corrected chi connectivity index (χ3v) is 4.25. The van der Waals surface area contributed by atoms with Gasteiger partial charge in [0.15, 0.2) is 0 Å². The van der Waals surface area contributed by atoms with E-state index in [-0.39, 0.29) is 11.5 Å². The molecule has 0 aliphatic rings. The maximum Gasteiger partial charge on any atom is 0.573 e. The van der Waals surface area contributed by atoms with Crippen LogP contribution in [-0.2, 0) is 0 Å². The van der Waals surface area contributed by atoms with E-state index in [2.05, 4.69) is 20.7 Å². The van der Waals surface area contributed by atoms with Gasteiger partial charge in [-0.05, 0) is 39.7 Å². The van der Waals surface area contributed by atoms with E-state index in [0.717, 1.165) is 12.1 Å². The fraction of sp³-hybridized carbons (Fsp3) is 0.143. The third kappa shape index (κ3) is 3.85. The zero-order valence-electron chi connectivity index (χ0n) is 10.9. The molecular weight excluding hydrogens is 387 g/mol. The Morgan fingerprint density at radius 2 is 1.73 bits per heavy atom. The van der Waals surface area contributed by atoms with E-state index in [9.17, 15) is 18.3 Å². The average molecular weight is 397 g/mol. The zero-order valence-corrected chi connectivity index (χ0v) is 13.2. The predicted molar refractivity (Wildman–Crippen MR) is 80.0 cm³/mol. The maximum absolute atomic E-state index is 12.1. The van der Waals surface area contributed by atoms with Gasteiger partial charge in [-0.25, -0.2) is 0 Å². The second-order valence-electron chi connectivity index (χ2n) is 4.39. The van der Waals surface area contributed by atoms with Gasteiger partial charge in [-0.15, -0.1) is 13.2 Å². The van der Waals surface area contributed by atoms with Gasteiger partial charge in [-0.3, -0.25) is 0 Å². The largest absolute Gasteiger partial charge is 0.573 e. The summed E-state index contributed by atoms with van der Waals surface area (Å²) in [5.74, 6) is -0.458. The lowest BCUT2D eigenvalue weighted by molar-refractivity contribution is -0.274. The molecule has 0 heterocycles. The highest BCUT2D eigenvalue weighted by Gasteiger charge is 2.31. The van der Waals surface area contributed by atoms with Crippen molar-refractivity contribution in [3.8, 4) is 11.5 Å². The molecule has 0 saturated carbocycles. The first-order chi connectivity index (χ1) is 10.2. The average Bonchev–Trinajstić information content (AvgIpc) is 2.43. The lowest BCUT2D eigenvalue weighted by atomic mass is 9.99. The van der Waals surface area contributed by atoms with Gasteiger partial charge in [0.1, 0.15) is 11.5 Å². The Morgan fingerprint density at radius 3 is 2.27 bits per heavy atom. The van der Waals surface area contributed by atoms with Crippen LogP contribution in [0.2, 0.25) is 5.02 Å². The van der Waals surface area contributed by atoms with Gasteiger partial charge in [0, 0.05) is 5.56 Å². The van der Waals surface area contributed by atoms with Crippen LogP contribution in [0.15, 0.2) is 40.9 Å². The standard InChI is InChI=1S/C14H10BrClF3NO2/c15-11-10(16)6-5-9(13(11)21)12(20)7-1-3-8(4-2-7)22-14(17,18)19/h1-6,12,21H,20H2/t12-/m1/s1. The van der Waals surface area contributed by atoms with Crippen LogP contribution in [0.25, 0.3) is 0 Å². The van der Waals surface area contributed by atoms with Crippen LogP contribution >= 0.6 is 27.5 Å². The lowest BCUT2D eigenvalue weighted by Gasteiger charge is -2.16. The van der Waals surface area contributed by atoms with Crippen LogP contribution in [0.5, 0.6) is 11.5 Å². The molecule has 0 radical (unpaired) electrons. The molecule has 0 saturated heterocycles. The van der Waals surface area contributed by atoms with Crippen LogP contribution in [-0.4, -0.2) is 11.5 Å². The zero-order chi connectivity index (χ0) is 16.5. The molecule has 118 valence electrons. The van der Waals surface area contributed by atoms with Gasteiger partial charge < -0.3 is 15.6 Å². The molecule has 3 nitrogen and oxygen atoms in total. The van der Waals surface area contributed by atoms with Crippen molar-refractivity contribution in [2.45, 2.75) is 12.4 Å². The minimum Gasteiger partial charge on any atom is -0.506 e. The fourth-order valence-electron chi connectivity index (χ4n) is 1.86. The summed E-state index contributed by atoms with van der Waals surface area (Å²) < 4.78 is 40.4. The Bertz CT molecular complexity index is 677. The lowest BCUT2D eigenvalue weighted by Crippen LogP contribution is -2.17. The number of phenolic OH excluding ortho intramolecular Hbond substituents is 1. The number of ether oxygens (including phenoxy) is 1. The minimum absolute atomic E-state index is 0.115. The number of nitrogens with two attached hydrogens (primary N) is 1. The van der Waals surface area contributed by atoms with Crippen molar-refractivity contribution < 1.29 is 23.0 Å². The molecule has 2 aromatic carbocycles. The highest BCUT2D eigenvalue weighted by molar-refractivity contribution is 9.10. The summed E-state index contributed by atoms with van der Waals surface area (Å²) >= 11 is 8.98. The highest BCUT2D eigenvalue weighted by Crippen LogP contribution is 2.38. The van der Waals surface area contributed by atoms with Crippen molar-refractivity contribution in [2.75, 3.05) is 0 Å². The summed E-state index contributed by atoms with van der Waals surface area (Å²) in [6.07, 6.45) is -4.75. The molecule has 0 aliphatic heterocycles. The van der Waals surface area contributed by atoms with E-state index < -0.39 is 12.4 Å². The molecule has 0 unspecified atom stereocenters. The molecule has 0 fully saturated rings. The third-order valence-electron chi connectivity index (χ3n) is 2.91. The van der Waals surface area contributed by atoms with Crippen molar-refractivity contribution in [2.24, 2.45) is 5.73 Å². The van der Waals surface area contributed by atoms with E-state index in [4.69, 9.17) is 17.3 Å². The quantitative estimate of drug-likeness (QED) is 0.787. The Hall–Kier alpha value is -1.44. The smallest absolute Gasteiger partial charge is 0.506 e. The maximum atomic E-state index is 12.1. The first-order valence-electron chi connectivity index (χ1n) is 5.97. The van der Waals surface area contributed by atoms with E-state index in [1.54, 1.807) is 12.1 Å². The van der Waals surface area contributed by atoms with Gasteiger partial charge >= 0.3 is 6.36 Å². The number of halogens is 5. The Labute approximate surface area is 137 Å². The number of phenols is 1. The van der Waals surface area contributed by atoms with E-state index in [1.165, 1.54) is 12.1 Å². The summed E-state index contributed by atoms with van der Waals surface area (Å²) in [4.78, 5) is 0. The van der Waals surface area contributed by atoms with Gasteiger partial charge in [-0.2, -0.15) is 0 Å². The molecule has 2 rings (SSSR count). The molecule has 0 aliphatic carbocycles. The Kier molecular flexibility index (Phi) is 4.89. The highest BCUT2D eigenvalue weighted by atomic mass is 79.9. The monoisotopic (exact) mass is 395 g/mol. The summed E-state index contributed by atoms with van der Waals surface area (Å²) in [6.45, 7) is 0. The molecule has 0 aromatic heterocycles. The van der Waals surface area contributed by atoms with Crippen molar-refractivity contribution in [1.29, 1.82) is 0 Å². The molecule has 0 spiro atoms. The molecule has 0 amide bonds. The Balaban J connectivity index is 2.27. The second kappa shape index (κ2) is 6.36. The number of alkyl halides is 3. The normalized spacial score (nSPS) is 13.0. The van der Waals surface area contributed by atoms with Crippen molar-refractivity contribution >= 4 is 27.5 Å². The molecule has 0 bridgehead atoms. The molecule has 1 atom stereocenters. The number of rotatable bonds is 3. The van der Waals surface area contributed by atoms with Gasteiger partial charge in [0.25, 0.3) is 0 Å². The first-order valence-corrected chi connectivity index (χ1v) is 7.14. The van der Waals surface area contributed by atoms with Crippen LogP contribution in [0.3, 0.4) is 0 Å². The van der Waals surface area contributed by atoms with Gasteiger partial charge in [0.05, 0.1) is 15.5 Å². The number of hydrogen-bond donors (Lipinski definition) is 2. The fourth-order valence-corrected chi connectivity index (χ4v) is 2.38. The topological polar surface area (TPSA) is 55.5 Å². The van der Waals surface area contributed by atoms with Crippen molar-refractivity contribution in [3.63, 3.8) is 0 Å². The van der Waals surface area contributed by atoms with Gasteiger partial charge in [0.2, 0.25) is 0 Å². The molecule has 2 aromatic rings. The van der Waals surface area contributed by atoms with Crippen LogP contribution < -0.4 is 10.5 Å². The summed E-state index contributed by atoms with van der Waals surface area (Å²) in [7, 11) is 0.